The van der Waals surface area contributed by atoms with E-state index in [9.17, 15) is 18.0 Å². The van der Waals surface area contributed by atoms with E-state index in [1.54, 1.807) is 60.7 Å². The van der Waals surface area contributed by atoms with Gasteiger partial charge < -0.3 is 4.42 Å². The second kappa shape index (κ2) is 9.23. The number of pyridine rings is 1. The predicted octanol–water partition coefficient (Wildman–Crippen LogP) is 2.62. The normalized spacial score (nSPS) is 12.3. The lowest BCUT2D eigenvalue weighted by Crippen LogP contribution is -2.51. The number of nitrogens with one attached hydrogen (secondary N) is 3. The van der Waals surface area contributed by atoms with Crippen molar-refractivity contribution in [3.05, 3.63) is 84.6 Å². The minimum atomic E-state index is -3.90. The molecule has 168 valence electrons. The molecule has 0 aliphatic heterocycles. The number of fused-ring (bicyclic) bond motifs is 1. The summed E-state index contributed by atoms with van der Waals surface area (Å²) in [6, 6.07) is 18.6. The maximum absolute atomic E-state index is 12.9. The zero-order valence-corrected chi connectivity index (χ0v) is 18.3. The van der Waals surface area contributed by atoms with Gasteiger partial charge in [-0.25, -0.2) is 13.4 Å². The van der Waals surface area contributed by atoms with Crippen LogP contribution in [0.15, 0.2) is 88.4 Å². The van der Waals surface area contributed by atoms with Crippen molar-refractivity contribution < 1.29 is 22.4 Å². The molecule has 9 nitrogen and oxygen atoms in total. The molecule has 0 aliphatic carbocycles. The highest BCUT2D eigenvalue weighted by molar-refractivity contribution is 7.89. The number of rotatable bonds is 6. The zero-order chi connectivity index (χ0) is 23.4. The van der Waals surface area contributed by atoms with Crippen molar-refractivity contribution in [3.8, 4) is 11.5 Å². The molecule has 2 aromatic heterocycles. The van der Waals surface area contributed by atoms with Crippen LogP contribution in [-0.2, 0) is 14.8 Å². The topological polar surface area (TPSA) is 130 Å². The summed E-state index contributed by atoms with van der Waals surface area (Å²) in [7, 11) is -3.90. The first-order chi connectivity index (χ1) is 15.8. The summed E-state index contributed by atoms with van der Waals surface area (Å²) in [4.78, 5) is 29.9. The molecule has 2 amide bonds. The fraction of sp³-hybridized carbons (Fsp3) is 0.0870. The molecule has 1 unspecified atom stereocenters. The smallest absolute Gasteiger partial charge is 0.270 e. The molecular weight excluding hydrogens is 444 g/mol. The highest BCUT2D eigenvalue weighted by Gasteiger charge is 2.23. The first kappa shape index (κ1) is 22.2. The highest BCUT2D eigenvalue weighted by atomic mass is 32.2. The Morgan fingerprint density at radius 1 is 0.939 bits per heavy atom. The van der Waals surface area contributed by atoms with Crippen molar-refractivity contribution >= 4 is 32.7 Å². The van der Waals surface area contributed by atoms with E-state index in [1.165, 1.54) is 25.3 Å². The number of carbonyl (C=O) groups excluding carboxylic acids is 2. The lowest BCUT2D eigenvalue weighted by Gasteiger charge is -2.15. The first-order valence-corrected chi connectivity index (χ1v) is 11.4. The zero-order valence-electron chi connectivity index (χ0n) is 17.5. The van der Waals surface area contributed by atoms with Gasteiger partial charge in [-0.3, -0.25) is 20.4 Å². The molecule has 4 aromatic rings. The largest absolute Gasteiger partial charge is 0.463 e. The highest BCUT2D eigenvalue weighted by Crippen LogP contribution is 2.25. The predicted molar refractivity (Wildman–Crippen MR) is 121 cm³/mol. The van der Waals surface area contributed by atoms with E-state index < -0.39 is 27.9 Å². The number of nitrogens with zero attached hydrogens (tertiary/aromatic N) is 1. The summed E-state index contributed by atoms with van der Waals surface area (Å²) in [5, 5.41) is 0.581. The SMILES string of the molecule is CC(NS(=O)(=O)c1ccccc1)C(=O)NNC(=O)c1cc(-c2ccco2)nc2ccccc12. The molecular formula is C23H20N4O5S. The second-order valence-corrected chi connectivity index (χ2v) is 8.86. The van der Waals surface area contributed by atoms with E-state index >= 15 is 0 Å². The number of aromatic nitrogens is 1. The van der Waals surface area contributed by atoms with Gasteiger partial charge in [0.15, 0.2) is 5.76 Å². The lowest BCUT2D eigenvalue weighted by molar-refractivity contribution is -0.123. The van der Waals surface area contributed by atoms with E-state index in [0.717, 1.165) is 0 Å². The van der Waals surface area contributed by atoms with Crippen molar-refractivity contribution in [2.75, 3.05) is 0 Å². The molecule has 10 heteroatoms. The number of sulfonamides is 1. The molecule has 0 radical (unpaired) electrons. The lowest BCUT2D eigenvalue weighted by atomic mass is 10.1. The summed E-state index contributed by atoms with van der Waals surface area (Å²) >= 11 is 0. The van der Waals surface area contributed by atoms with Gasteiger partial charge in [-0.1, -0.05) is 36.4 Å². The average Bonchev–Trinajstić information content (AvgIpc) is 3.37. The number of carbonyl (C=O) groups is 2. The molecule has 0 aliphatic rings. The fourth-order valence-electron chi connectivity index (χ4n) is 3.16. The van der Waals surface area contributed by atoms with Gasteiger partial charge in [0.05, 0.1) is 28.3 Å². The molecule has 2 heterocycles. The first-order valence-electron chi connectivity index (χ1n) is 9.96. The van der Waals surface area contributed by atoms with Crippen LogP contribution in [0.1, 0.15) is 17.3 Å². The number of para-hydroxylation sites is 1. The Morgan fingerprint density at radius 2 is 1.67 bits per heavy atom. The molecule has 1 atom stereocenters. The Kier molecular flexibility index (Phi) is 6.20. The number of hydrogen-bond acceptors (Lipinski definition) is 6. The minimum Gasteiger partial charge on any atom is -0.463 e. The number of furan rings is 1. The molecule has 0 bridgehead atoms. The quantitative estimate of drug-likeness (QED) is 0.376. The Morgan fingerprint density at radius 3 is 2.39 bits per heavy atom. The average molecular weight is 465 g/mol. The number of hydrogen-bond donors (Lipinski definition) is 3. The molecule has 33 heavy (non-hydrogen) atoms. The van der Waals surface area contributed by atoms with E-state index in [4.69, 9.17) is 4.42 Å². The molecule has 4 rings (SSSR count). The fourth-order valence-corrected chi connectivity index (χ4v) is 4.39. The molecule has 0 fully saturated rings. The van der Waals surface area contributed by atoms with Gasteiger partial charge >= 0.3 is 0 Å². The molecule has 2 aromatic carbocycles. The van der Waals surface area contributed by atoms with Crippen molar-refractivity contribution in [3.63, 3.8) is 0 Å². The Bertz CT molecular complexity index is 1400. The Balaban J connectivity index is 1.49. The number of hydrazine groups is 1. The van der Waals surface area contributed by atoms with Crippen molar-refractivity contribution in [1.29, 1.82) is 0 Å². The molecule has 0 saturated heterocycles. The van der Waals surface area contributed by atoms with Gasteiger partial charge in [0.2, 0.25) is 10.0 Å². The Hall–Kier alpha value is -4.02. The molecule has 3 N–H and O–H groups in total. The summed E-state index contributed by atoms with van der Waals surface area (Å²) in [5.41, 5.74) is 5.90. The van der Waals surface area contributed by atoms with E-state index in [-0.39, 0.29) is 10.5 Å². The van der Waals surface area contributed by atoms with Gasteiger partial charge in [-0.05, 0) is 43.3 Å². The van der Waals surface area contributed by atoms with E-state index in [1.807, 2.05) is 0 Å². The maximum Gasteiger partial charge on any atom is 0.270 e. The monoisotopic (exact) mass is 464 g/mol. The second-order valence-electron chi connectivity index (χ2n) is 7.15. The van der Waals surface area contributed by atoms with E-state index in [2.05, 4.69) is 20.6 Å². The van der Waals surface area contributed by atoms with Gasteiger partial charge in [0.25, 0.3) is 11.8 Å². The number of amides is 2. The molecule has 0 spiro atoms. The van der Waals surface area contributed by atoms with Crippen LogP contribution >= 0.6 is 0 Å². The van der Waals surface area contributed by atoms with Crippen LogP contribution in [0.25, 0.3) is 22.4 Å². The summed E-state index contributed by atoms with van der Waals surface area (Å²) in [6.07, 6.45) is 1.50. The van der Waals surface area contributed by atoms with Gasteiger partial charge in [0, 0.05) is 5.39 Å². The molecule has 0 saturated carbocycles. The van der Waals surface area contributed by atoms with Crippen molar-refractivity contribution in [2.45, 2.75) is 17.9 Å². The van der Waals surface area contributed by atoms with Gasteiger partial charge in [0.1, 0.15) is 5.69 Å². The van der Waals surface area contributed by atoms with Crippen LogP contribution in [0.4, 0.5) is 0 Å². The Labute approximate surface area is 189 Å². The van der Waals surface area contributed by atoms with Crippen molar-refractivity contribution in [2.24, 2.45) is 0 Å². The van der Waals surface area contributed by atoms with Crippen molar-refractivity contribution in [1.82, 2.24) is 20.6 Å². The van der Waals surface area contributed by atoms with Gasteiger partial charge in [-0.2, -0.15) is 4.72 Å². The summed E-state index contributed by atoms with van der Waals surface area (Å²) in [5.74, 6) is -0.830. The van der Waals surface area contributed by atoms with E-state index in [0.29, 0.717) is 22.4 Å². The minimum absolute atomic E-state index is 0.0300. The van der Waals surface area contributed by atoms with Crippen LogP contribution < -0.4 is 15.6 Å². The van der Waals surface area contributed by atoms with Crippen LogP contribution in [0.5, 0.6) is 0 Å². The van der Waals surface area contributed by atoms with Crippen LogP contribution in [0.3, 0.4) is 0 Å². The third-order valence-corrected chi connectivity index (χ3v) is 6.37. The third kappa shape index (κ3) is 4.92. The summed E-state index contributed by atoms with van der Waals surface area (Å²) < 4.78 is 32.5. The van der Waals surface area contributed by atoms with Crippen LogP contribution in [0.2, 0.25) is 0 Å². The maximum atomic E-state index is 12.9. The summed E-state index contributed by atoms with van der Waals surface area (Å²) in [6.45, 7) is 1.37. The standard InChI is InChI=1S/C23H20N4O5S/c1-15(27-33(30,31)16-8-3-2-4-9-16)22(28)25-26-23(29)18-14-20(21-12-7-13-32-21)24-19-11-6-5-10-17(18)19/h2-15,27H,1H3,(H,25,28)(H,26,29). The van der Waals surface area contributed by atoms with Gasteiger partial charge in [-0.15, -0.1) is 0 Å². The van der Waals surface area contributed by atoms with Crippen LogP contribution in [-0.4, -0.2) is 31.3 Å². The van der Waals surface area contributed by atoms with Crippen LogP contribution in [0, 0.1) is 0 Å². The number of benzene rings is 2. The third-order valence-electron chi connectivity index (χ3n) is 4.81.